The molecule has 0 unspecified atom stereocenters. The van der Waals surface area contributed by atoms with E-state index in [4.69, 9.17) is 0 Å². The number of aldehydes is 1. The average Bonchev–Trinajstić information content (AvgIpc) is 2.16. The molecule has 0 saturated carbocycles. The van der Waals surface area contributed by atoms with Gasteiger partial charge in [-0.15, -0.1) is 0 Å². The van der Waals surface area contributed by atoms with Crippen molar-refractivity contribution >= 4 is 12.0 Å². The van der Waals surface area contributed by atoms with E-state index in [2.05, 4.69) is 9.99 Å². The molecule has 0 N–H and O–H groups in total. The molecule has 0 radical (unpaired) electrons. The zero-order valence-electron chi connectivity index (χ0n) is 7.65. The van der Waals surface area contributed by atoms with Crippen LogP contribution in [-0.4, -0.2) is 19.1 Å². The van der Waals surface area contributed by atoms with Crippen molar-refractivity contribution < 1.29 is 9.63 Å². The van der Waals surface area contributed by atoms with Crippen LogP contribution in [0.15, 0.2) is 29.4 Å². The Labute approximate surface area is 77.0 Å². The van der Waals surface area contributed by atoms with Gasteiger partial charge in [-0.05, 0) is 12.5 Å². The van der Waals surface area contributed by atoms with Crippen molar-refractivity contribution in [2.24, 2.45) is 5.16 Å². The highest BCUT2D eigenvalue weighted by Gasteiger charge is 2.04. The normalized spacial score (nSPS) is 11.1. The number of benzene rings is 1. The molecule has 0 atom stereocenters. The number of oxime groups is 1. The summed E-state index contributed by atoms with van der Waals surface area (Å²) in [5.74, 6) is 0. The number of hydrogen-bond acceptors (Lipinski definition) is 3. The molecular weight excluding hydrogens is 166 g/mol. The van der Waals surface area contributed by atoms with Gasteiger partial charge >= 0.3 is 0 Å². The monoisotopic (exact) mass is 177 g/mol. The highest BCUT2D eigenvalue weighted by molar-refractivity contribution is 6.36. The summed E-state index contributed by atoms with van der Waals surface area (Å²) in [6.45, 7) is 1.92. The Bertz CT molecular complexity index is 331. The van der Waals surface area contributed by atoms with Crippen molar-refractivity contribution in [3.63, 3.8) is 0 Å². The Hall–Kier alpha value is -1.64. The minimum Gasteiger partial charge on any atom is -0.399 e. The van der Waals surface area contributed by atoms with Gasteiger partial charge in [0.1, 0.15) is 12.8 Å². The lowest BCUT2D eigenvalue weighted by atomic mass is 10.1. The second-order valence-electron chi connectivity index (χ2n) is 2.59. The van der Waals surface area contributed by atoms with Crippen molar-refractivity contribution in [1.82, 2.24) is 0 Å². The molecule has 3 heteroatoms. The van der Waals surface area contributed by atoms with Crippen LogP contribution in [0.4, 0.5) is 0 Å². The third-order valence-electron chi connectivity index (χ3n) is 1.72. The first kappa shape index (κ1) is 9.45. The summed E-state index contributed by atoms with van der Waals surface area (Å²) in [4.78, 5) is 15.2. The second-order valence-corrected chi connectivity index (χ2v) is 2.59. The van der Waals surface area contributed by atoms with Crippen molar-refractivity contribution in [2.45, 2.75) is 6.92 Å². The van der Waals surface area contributed by atoms with E-state index in [9.17, 15) is 4.79 Å². The van der Waals surface area contributed by atoms with Gasteiger partial charge in [0.05, 0.1) is 0 Å². The van der Waals surface area contributed by atoms with Crippen LogP contribution >= 0.6 is 0 Å². The van der Waals surface area contributed by atoms with E-state index in [1.54, 1.807) is 0 Å². The van der Waals surface area contributed by atoms with E-state index < -0.39 is 0 Å². The number of hydrogen-bond donors (Lipinski definition) is 0. The van der Waals surface area contributed by atoms with E-state index in [-0.39, 0.29) is 0 Å². The average molecular weight is 177 g/mol. The molecule has 0 heterocycles. The van der Waals surface area contributed by atoms with E-state index in [0.29, 0.717) is 12.0 Å². The third kappa shape index (κ3) is 2.15. The topological polar surface area (TPSA) is 38.7 Å². The van der Waals surface area contributed by atoms with Gasteiger partial charge in [-0.2, -0.15) is 0 Å². The smallest absolute Gasteiger partial charge is 0.172 e. The fourth-order valence-corrected chi connectivity index (χ4v) is 1.09. The van der Waals surface area contributed by atoms with Crippen LogP contribution in [0.3, 0.4) is 0 Å². The predicted molar refractivity (Wildman–Crippen MR) is 50.8 cm³/mol. The maximum atomic E-state index is 10.6. The largest absolute Gasteiger partial charge is 0.399 e. The summed E-state index contributed by atoms with van der Waals surface area (Å²) >= 11 is 0. The Balaban J connectivity index is 3.12. The molecule has 1 aromatic rings. The first-order chi connectivity index (χ1) is 6.29. The van der Waals surface area contributed by atoms with E-state index >= 15 is 0 Å². The Morgan fingerprint density at radius 1 is 1.46 bits per heavy atom. The number of rotatable bonds is 3. The molecule has 3 nitrogen and oxygen atoms in total. The predicted octanol–water partition coefficient (Wildman–Crippen LogP) is 1.54. The van der Waals surface area contributed by atoms with Crippen LogP contribution in [0.2, 0.25) is 0 Å². The van der Waals surface area contributed by atoms with Crippen molar-refractivity contribution in [3.8, 4) is 0 Å². The summed E-state index contributed by atoms with van der Waals surface area (Å²) in [5.41, 5.74) is 2.13. The van der Waals surface area contributed by atoms with Crippen LogP contribution < -0.4 is 0 Å². The van der Waals surface area contributed by atoms with Crippen LogP contribution in [0, 0.1) is 6.92 Å². The molecule has 0 saturated heterocycles. The summed E-state index contributed by atoms with van der Waals surface area (Å²) in [7, 11) is 1.42. The van der Waals surface area contributed by atoms with Crippen molar-refractivity contribution in [2.75, 3.05) is 7.11 Å². The van der Waals surface area contributed by atoms with E-state index in [0.717, 1.165) is 11.1 Å². The highest BCUT2D eigenvalue weighted by Crippen LogP contribution is 2.07. The summed E-state index contributed by atoms with van der Waals surface area (Å²) in [6.07, 6.45) is 0.686. The maximum Gasteiger partial charge on any atom is 0.172 e. The van der Waals surface area contributed by atoms with Crippen LogP contribution in [-0.2, 0) is 9.63 Å². The van der Waals surface area contributed by atoms with Gasteiger partial charge in [0, 0.05) is 5.56 Å². The first-order valence-corrected chi connectivity index (χ1v) is 3.92. The number of nitrogens with zero attached hydrogens (tertiary/aromatic N) is 1. The molecule has 1 rings (SSSR count). The second kappa shape index (κ2) is 4.40. The first-order valence-electron chi connectivity index (χ1n) is 3.92. The van der Waals surface area contributed by atoms with Gasteiger partial charge in [0.2, 0.25) is 0 Å². The fourth-order valence-electron chi connectivity index (χ4n) is 1.09. The molecule has 0 amide bonds. The van der Waals surface area contributed by atoms with Crippen LogP contribution in [0.25, 0.3) is 0 Å². The summed E-state index contributed by atoms with van der Waals surface area (Å²) in [5, 5.41) is 3.62. The fraction of sp³-hybridized carbons (Fsp3) is 0.200. The lowest BCUT2D eigenvalue weighted by molar-refractivity contribution is -0.102. The molecule has 0 spiro atoms. The van der Waals surface area contributed by atoms with Gasteiger partial charge in [-0.3, -0.25) is 4.79 Å². The van der Waals surface area contributed by atoms with E-state index in [1.165, 1.54) is 7.11 Å². The molecule has 1 aromatic carbocycles. The van der Waals surface area contributed by atoms with Gasteiger partial charge in [0.15, 0.2) is 6.29 Å². The summed E-state index contributed by atoms with van der Waals surface area (Å²) < 4.78 is 0. The standard InChI is InChI=1S/C10H11NO2/c1-8-5-3-4-6-9(8)10(7-12)11-13-2/h3-7H,1-2H3/b11-10+. The van der Waals surface area contributed by atoms with Gasteiger partial charge in [0.25, 0.3) is 0 Å². The molecule has 0 aliphatic heterocycles. The molecule has 0 aliphatic rings. The lowest BCUT2D eigenvalue weighted by Gasteiger charge is -2.01. The molecule has 13 heavy (non-hydrogen) atoms. The third-order valence-corrected chi connectivity index (χ3v) is 1.72. The number of aryl methyl sites for hydroxylation is 1. The van der Waals surface area contributed by atoms with Gasteiger partial charge in [-0.1, -0.05) is 29.4 Å². The van der Waals surface area contributed by atoms with Crippen LogP contribution in [0.1, 0.15) is 11.1 Å². The van der Waals surface area contributed by atoms with Crippen molar-refractivity contribution in [1.29, 1.82) is 0 Å². The number of carbonyl (C=O) groups is 1. The molecule has 0 bridgehead atoms. The van der Waals surface area contributed by atoms with Gasteiger partial charge < -0.3 is 4.84 Å². The zero-order valence-corrected chi connectivity index (χ0v) is 7.65. The molecular formula is C10H11NO2. The van der Waals surface area contributed by atoms with Crippen molar-refractivity contribution in [3.05, 3.63) is 35.4 Å². The summed E-state index contributed by atoms with van der Waals surface area (Å²) in [6, 6.07) is 7.52. The maximum absolute atomic E-state index is 10.6. The highest BCUT2D eigenvalue weighted by atomic mass is 16.6. The van der Waals surface area contributed by atoms with Gasteiger partial charge in [-0.25, -0.2) is 0 Å². The molecule has 0 fully saturated rings. The molecule has 68 valence electrons. The minimum absolute atomic E-state index is 0.320. The lowest BCUT2D eigenvalue weighted by Crippen LogP contribution is -2.04. The Morgan fingerprint density at radius 2 is 2.15 bits per heavy atom. The zero-order chi connectivity index (χ0) is 9.68. The molecule has 0 aromatic heterocycles. The SMILES string of the molecule is CO/N=C(\C=O)c1ccccc1C. The Kier molecular flexibility index (Phi) is 3.20. The quantitative estimate of drug-likeness (QED) is 0.399. The van der Waals surface area contributed by atoms with E-state index in [1.807, 2.05) is 31.2 Å². The number of carbonyl (C=O) groups excluding carboxylic acids is 1. The minimum atomic E-state index is 0.320. The van der Waals surface area contributed by atoms with Crippen LogP contribution in [0.5, 0.6) is 0 Å². The Morgan fingerprint density at radius 3 is 2.69 bits per heavy atom. The molecule has 0 aliphatic carbocycles.